The van der Waals surface area contributed by atoms with Crippen molar-refractivity contribution in [1.29, 1.82) is 5.26 Å². The molecular weight excluding hydrogens is 248 g/mol. The third-order valence-corrected chi connectivity index (χ3v) is 2.41. The van der Waals surface area contributed by atoms with Crippen LogP contribution >= 0.6 is 11.6 Å². The fraction of sp³-hybridized carbons (Fsp3) is 0.200. The molecule has 6 nitrogen and oxygen atoms in total. The van der Waals surface area contributed by atoms with Gasteiger partial charge in [-0.05, 0) is 6.07 Å². The Labute approximate surface area is 102 Å². The van der Waals surface area contributed by atoms with E-state index in [2.05, 4.69) is 4.74 Å². The Hall–Kier alpha value is -2.13. The van der Waals surface area contributed by atoms with Crippen LogP contribution in [-0.2, 0) is 10.6 Å². The summed E-state index contributed by atoms with van der Waals surface area (Å²) in [6.45, 7) is 0. The average Bonchev–Trinajstić information content (AvgIpc) is 2.35. The molecule has 0 amide bonds. The molecule has 0 unspecified atom stereocenters. The Morgan fingerprint density at radius 2 is 2.29 bits per heavy atom. The molecule has 0 atom stereocenters. The molecule has 0 fully saturated rings. The first-order valence-corrected chi connectivity index (χ1v) is 4.94. The van der Waals surface area contributed by atoms with Gasteiger partial charge in [-0.25, -0.2) is 4.79 Å². The molecule has 1 aromatic rings. The number of ether oxygens (including phenoxy) is 1. The number of hydrogen-bond acceptors (Lipinski definition) is 5. The maximum atomic E-state index is 11.4. The molecule has 0 spiro atoms. The lowest BCUT2D eigenvalue weighted by Gasteiger charge is -2.07. The Bertz CT molecular complexity index is 522. The predicted octanol–water partition coefficient (Wildman–Crippen LogP) is 1.99. The van der Waals surface area contributed by atoms with Crippen molar-refractivity contribution >= 4 is 23.3 Å². The van der Waals surface area contributed by atoms with Crippen LogP contribution in [0.25, 0.3) is 0 Å². The molecule has 0 aliphatic rings. The molecule has 0 radical (unpaired) electrons. The Balaban J connectivity index is 3.55. The van der Waals surface area contributed by atoms with E-state index in [0.29, 0.717) is 0 Å². The minimum Gasteiger partial charge on any atom is -0.465 e. The molecule has 0 saturated carbocycles. The molecule has 7 heteroatoms. The van der Waals surface area contributed by atoms with Gasteiger partial charge in [-0.2, -0.15) is 5.26 Å². The number of benzene rings is 1. The normalized spacial score (nSPS) is 9.47. The van der Waals surface area contributed by atoms with Crippen LogP contribution in [0.2, 0.25) is 0 Å². The zero-order valence-corrected chi connectivity index (χ0v) is 9.52. The van der Waals surface area contributed by atoms with Gasteiger partial charge in [0.05, 0.1) is 17.6 Å². The maximum absolute atomic E-state index is 11.4. The van der Waals surface area contributed by atoms with Gasteiger partial charge in [0.1, 0.15) is 11.6 Å². The highest BCUT2D eigenvalue weighted by Gasteiger charge is 2.23. The number of nitrogens with zero attached hydrogens (tertiary/aromatic N) is 2. The fourth-order valence-corrected chi connectivity index (χ4v) is 1.63. The van der Waals surface area contributed by atoms with Crippen LogP contribution in [0.4, 0.5) is 5.69 Å². The van der Waals surface area contributed by atoms with Gasteiger partial charge in [0.25, 0.3) is 5.69 Å². The quantitative estimate of drug-likeness (QED) is 0.356. The summed E-state index contributed by atoms with van der Waals surface area (Å²) in [6, 6.07) is 3.99. The number of hydrogen-bond donors (Lipinski definition) is 0. The molecule has 0 saturated heterocycles. The average molecular weight is 255 g/mol. The standard InChI is InChI=1S/C10H7ClN2O4/c1-17-10(14)6-2-3-9(13(15)16)8(5-12)7(6)4-11/h2-3H,4H2,1H3. The third kappa shape index (κ3) is 2.34. The number of carbonyl (C=O) groups excluding carboxylic acids is 1. The molecule has 0 aliphatic carbocycles. The summed E-state index contributed by atoms with van der Waals surface area (Å²) in [5.41, 5.74) is -0.427. The number of nitro groups is 1. The molecule has 17 heavy (non-hydrogen) atoms. The van der Waals surface area contributed by atoms with Crippen molar-refractivity contribution in [2.75, 3.05) is 7.11 Å². The van der Waals surface area contributed by atoms with Crippen LogP contribution in [0.3, 0.4) is 0 Å². The number of alkyl halides is 1. The highest BCUT2D eigenvalue weighted by molar-refractivity contribution is 6.18. The highest BCUT2D eigenvalue weighted by atomic mass is 35.5. The largest absolute Gasteiger partial charge is 0.465 e. The number of halogens is 1. The first kappa shape index (κ1) is 12.9. The topological polar surface area (TPSA) is 93.2 Å². The van der Waals surface area contributed by atoms with Crippen molar-refractivity contribution in [2.45, 2.75) is 5.88 Å². The maximum Gasteiger partial charge on any atom is 0.338 e. The van der Waals surface area contributed by atoms with Gasteiger partial charge >= 0.3 is 5.97 Å². The molecule has 88 valence electrons. The van der Waals surface area contributed by atoms with Crippen molar-refractivity contribution in [2.24, 2.45) is 0 Å². The fourth-order valence-electron chi connectivity index (χ4n) is 1.35. The van der Waals surface area contributed by atoms with Gasteiger partial charge in [-0.1, -0.05) is 0 Å². The monoisotopic (exact) mass is 254 g/mol. The summed E-state index contributed by atoms with van der Waals surface area (Å²) in [6.07, 6.45) is 0. The van der Waals surface area contributed by atoms with Gasteiger partial charge in [0, 0.05) is 17.5 Å². The summed E-state index contributed by atoms with van der Waals surface area (Å²) in [5, 5.41) is 19.6. The van der Waals surface area contributed by atoms with Crippen LogP contribution in [0.1, 0.15) is 21.5 Å². The van der Waals surface area contributed by atoms with E-state index in [9.17, 15) is 14.9 Å². The molecule has 0 bridgehead atoms. The van der Waals surface area contributed by atoms with Crippen molar-refractivity contribution in [3.63, 3.8) is 0 Å². The summed E-state index contributed by atoms with van der Waals surface area (Å²) in [5.74, 6) is -0.873. The number of esters is 1. The Morgan fingerprint density at radius 1 is 1.65 bits per heavy atom. The predicted molar refractivity (Wildman–Crippen MR) is 58.7 cm³/mol. The number of methoxy groups -OCH3 is 1. The minimum atomic E-state index is -0.699. The van der Waals surface area contributed by atoms with Gasteiger partial charge < -0.3 is 4.74 Å². The van der Waals surface area contributed by atoms with E-state index in [1.165, 1.54) is 13.2 Å². The van der Waals surface area contributed by atoms with Gasteiger partial charge in [-0.3, -0.25) is 10.1 Å². The van der Waals surface area contributed by atoms with Crippen LogP contribution in [0.15, 0.2) is 12.1 Å². The SMILES string of the molecule is COC(=O)c1ccc([N+](=O)[O-])c(C#N)c1CCl. The second-order valence-corrected chi connectivity index (χ2v) is 3.25. The van der Waals surface area contributed by atoms with E-state index in [-0.39, 0.29) is 28.3 Å². The van der Waals surface area contributed by atoms with E-state index in [0.717, 1.165) is 6.07 Å². The van der Waals surface area contributed by atoms with Gasteiger partial charge in [-0.15, -0.1) is 11.6 Å². The van der Waals surface area contributed by atoms with E-state index in [1.54, 1.807) is 6.07 Å². The van der Waals surface area contributed by atoms with E-state index in [1.807, 2.05) is 0 Å². The first-order valence-electron chi connectivity index (χ1n) is 4.41. The molecule has 0 heterocycles. The summed E-state index contributed by atoms with van der Waals surface area (Å²) < 4.78 is 4.50. The van der Waals surface area contributed by atoms with Crippen molar-refractivity contribution < 1.29 is 14.5 Å². The zero-order chi connectivity index (χ0) is 13.0. The molecule has 0 N–H and O–H groups in total. The lowest BCUT2D eigenvalue weighted by atomic mass is 10.0. The van der Waals surface area contributed by atoms with Crippen LogP contribution in [0.5, 0.6) is 0 Å². The van der Waals surface area contributed by atoms with Crippen LogP contribution in [-0.4, -0.2) is 18.0 Å². The summed E-state index contributed by atoms with van der Waals surface area (Å²) in [7, 11) is 1.17. The molecule has 1 rings (SSSR count). The second-order valence-electron chi connectivity index (χ2n) is 2.98. The zero-order valence-electron chi connectivity index (χ0n) is 8.77. The molecule has 1 aromatic carbocycles. The number of rotatable bonds is 3. The summed E-state index contributed by atoms with van der Waals surface area (Å²) in [4.78, 5) is 21.4. The van der Waals surface area contributed by atoms with E-state index in [4.69, 9.17) is 16.9 Å². The van der Waals surface area contributed by atoms with Gasteiger partial charge in [0.15, 0.2) is 0 Å². The Morgan fingerprint density at radius 3 is 2.71 bits per heavy atom. The van der Waals surface area contributed by atoms with E-state index >= 15 is 0 Å². The highest BCUT2D eigenvalue weighted by Crippen LogP contribution is 2.26. The summed E-state index contributed by atoms with van der Waals surface area (Å²) >= 11 is 5.61. The van der Waals surface area contributed by atoms with Crippen LogP contribution in [0, 0.1) is 21.4 Å². The lowest BCUT2D eigenvalue weighted by molar-refractivity contribution is -0.385. The van der Waals surface area contributed by atoms with Crippen molar-refractivity contribution in [3.05, 3.63) is 38.9 Å². The molecule has 0 aliphatic heterocycles. The first-order chi connectivity index (χ1) is 8.06. The molecule has 0 aromatic heterocycles. The second kappa shape index (κ2) is 5.27. The van der Waals surface area contributed by atoms with E-state index < -0.39 is 10.9 Å². The Kier molecular flexibility index (Phi) is 4.01. The number of carbonyl (C=O) groups is 1. The molecular formula is C10H7ClN2O4. The van der Waals surface area contributed by atoms with Crippen molar-refractivity contribution in [3.8, 4) is 6.07 Å². The number of nitriles is 1. The van der Waals surface area contributed by atoms with Gasteiger partial charge in [0.2, 0.25) is 0 Å². The minimum absolute atomic E-state index is 0.0599. The third-order valence-electron chi connectivity index (χ3n) is 2.14. The van der Waals surface area contributed by atoms with Crippen LogP contribution < -0.4 is 0 Å². The number of nitro benzene ring substituents is 1. The lowest BCUT2D eigenvalue weighted by Crippen LogP contribution is -2.08. The smallest absolute Gasteiger partial charge is 0.338 e. The van der Waals surface area contributed by atoms with Crippen molar-refractivity contribution in [1.82, 2.24) is 0 Å².